The van der Waals surface area contributed by atoms with Gasteiger partial charge in [-0.25, -0.2) is 9.97 Å². The molecule has 0 amide bonds. The first kappa shape index (κ1) is 13.7. The number of aromatic amines is 1. The summed E-state index contributed by atoms with van der Waals surface area (Å²) < 4.78 is 0. The topological polar surface area (TPSA) is 82.9 Å². The second-order valence-electron chi connectivity index (χ2n) is 4.93. The first-order valence-electron chi connectivity index (χ1n) is 6.96. The molecule has 0 bridgehead atoms. The number of nitrogens with one attached hydrogen (secondary N) is 2. The first-order valence-corrected chi connectivity index (χ1v) is 7.84. The van der Waals surface area contributed by atoms with Gasteiger partial charge < -0.3 is 16.0 Å². The van der Waals surface area contributed by atoms with Crippen LogP contribution in [-0.2, 0) is 6.54 Å². The number of aromatic nitrogens is 3. The summed E-state index contributed by atoms with van der Waals surface area (Å²) in [5.41, 5.74) is 7.75. The molecule has 1 aliphatic rings. The van der Waals surface area contributed by atoms with Crippen molar-refractivity contribution in [1.29, 1.82) is 0 Å². The Labute approximate surface area is 122 Å². The van der Waals surface area contributed by atoms with Gasteiger partial charge >= 0.3 is 0 Å². The molecule has 108 valence electrons. The molecule has 20 heavy (non-hydrogen) atoms. The molecule has 1 saturated heterocycles. The summed E-state index contributed by atoms with van der Waals surface area (Å²) in [6, 6.07) is 0.155. The lowest BCUT2D eigenvalue weighted by molar-refractivity contribution is 0.237. The van der Waals surface area contributed by atoms with Crippen molar-refractivity contribution in [2.45, 2.75) is 19.0 Å². The molecule has 3 rings (SSSR count). The maximum Gasteiger partial charge on any atom is 0.116 e. The van der Waals surface area contributed by atoms with E-state index in [1.165, 1.54) is 0 Å². The fraction of sp³-hybridized carbons (Fsp3) is 0.538. The molecule has 0 saturated carbocycles. The Hall–Kier alpha value is -1.28. The number of H-pyrrole nitrogens is 1. The molecule has 7 heteroatoms. The highest BCUT2D eigenvalue weighted by molar-refractivity contribution is 7.09. The molecule has 0 spiro atoms. The van der Waals surface area contributed by atoms with Crippen LogP contribution in [0.25, 0.3) is 0 Å². The molecule has 0 radical (unpaired) electrons. The molecule has 3 heterocycles. The van der Waals surface area contributed by atoms with Gasteiger partial charge in [0.2, 0.25) is 0 Å². The highest BCUT2D eigenvalue weighted by Crippen LogP contribution is 2.29. The number of imidazole rings is 1. The van der Waals surface area contributed by atoms with Gasteiger partial charge in [0.1, 0.15) is 11.0 Å². The molecule has 4 N–H and O–H groups in total. The monoisotopic (exact) mass is 292 g/mol. The van der Waals surface area contributed by atoms with Crippen molar-refractivity contribution >= 4 is 11.3 Å². The van der Waals surface area contributed by atoms with Crippen LogP contribution in [0.3, 0.4) is 0 Å². The Kier molecular flexibility index (Phi) is 4.41. The number of hydrogen-bond acceptors (Lipinski definition) is 6. The zero-order valence-corrected chi connectivity index (χ0v) is 12.2. The quantitative estimate of drug-likeness (QED) is 0.773. The highest BCUT2D eigenvalue weighted by Gasteiger charge is 2.26. The SMILES string of the molecule is NCc1csc(C(c2cnc[nH]2)N2CCCNCC2)n1. The number of nitrogens with two attached hydrogens (primary N) is 1. The summed E-state index contributed by atoms with van der Waals surface area (Å²) in [5, 5.41) is 6.59. The highest BCUT2D eigenvalue weighted by atomic mass is 32.1. The van der Waals surface area contributed by atoms with Crippen LogP contribution in [0.15, 0.2) is 17.9 Å². The van der Waals surface area contributed by atoms with Crippen LogP contribution >= 0.6 is 11.3 Å². The summed E-state index contributed by atoms with van der Waals surface area (Å²) in [6.07, 6.45) is 4.78. The smallest absolute Gasteiger partial charge is 0.116 e. The molecule has 0 aliphatic carbocycles. The third kappa shape index (κ3) is 2.90. The Bertz CT molecular complexity index is 515. The third-order valence-electron chi connectivity index (χ3n) is 3.57. The van der Waals surface area contributed by atoms with Gasteiger partial charge in [-0.3, -0.25) is 4.90 Å². The molecule has 2 aromatic rings. The van der Waals surface area contributed by atoms with E-state index in [2.05, 4.69) is 30.5 Å². The summed E-state index contributed by atoms with van der Waals surface area (Å²) in [4.78, 5) is 14.6. The van der Waals surface area contributed by atoms with Crippen LogP contribution in [0.2, 0.25) is 0 Å². The van der Waals surface area contributed by atoms with E-state index in [0.717, 1.165) is 49.0 Å². The molecule has 1 unspecified atom stereocenters. The van der Waals surface area contributed by atoms with Crippen molar-refractivity contribution in [3.05, 3.63) is 34.3 Å². The van der Waals surface area contributed by atoms with Crippen LogP contribution in [0.4, 0.5) is 0 Å². The predicted molar refractivity (Wildman–Crippen MR) is 79.5 cm³/mol. The second kappa shape index (κ2) is 6.45. The minimum Gasteiger partial charge on any atom is -0.347 e. The van der Waals surface area contributed by atoms with Gasteiger partial charge in [-0.2, -0.15) is 0 Å². The number of nitrogens with zero attached hydrogens (tertiary/aromatic N) is 3. The van der Waals surface area contributed by atoms with E-state index in [1.807, 2.05) is 6.20 Å². The lowest BCUT2D eigenvalue weighted by Gasteiger charge is -2.27. The molecule has 1 fully saturated rings. The van der Waals surface area contributed by atoms with Gasteiger partial charge in [0.15, 0.2) is 0 Å². The first-order chi connectivity index (χ1) is 9.88. The standard InChI is InChI=1S/C13H20N6S/c14-6-10-8-20-13(18-10)12(11-7-16-9-17-11)19-4-1-2-15-3-5-19/h7-9,12,15H,1-6,14H2,(H,16,17). The Balaban J connectivity index is 1.90. The van der Waals surface area contributed by atoms with Gasteiger partial charge in [-0.1, -0.05) is 0 Å². The van der Waals surface area contributed by atoms with Crippen molar-refractivity contribution in [2.75, 3.05) is 26.2 Å². The van der Waals surface area contributed by atoms with E-state index in [-0.39, 0.29) is 6.04 Å². The Morgan fingerprint density at radius 1 is 1.40 bits per heavy atom. The minimum atomic E-state index is 0.155. The van der Waals surface area contributed by atoms with Crippen molar-refractivity contribution in [3.63, 3.8) is 0 Å². The summed E-state index contributed by atoms with van der Waals surface area (Å²) in [7, 11) is 0. The lowest BCUT2D eigenvalue weighted by atomic mass is 10.2. The van der Waals surface area contributed by atoms with Crippen LogP contribution in [0.1, 0.15) is 28.9 Å². The van der Waals surface area contributed by atoms with Gasteiger partial charge in [-0.05, 0) is 13.0 Å². The molecule has 1 atom stereocenters. The van der Waals surface area contributed by atoms with E-state index in [1.54, 1.807) is 17.7 Å². The molecule has 6 nitrogen and oxygen atoms in total. The molecule has 0 aromatic carbocycles. The fourth-order valence-corrected chi connectivity index (χ4v) is 3.55. The lowest BCUT2D eigenvalue weighted by Crippen LogP contribution is -2.33. The van der Waals surface area contributed by atoms with E-state index >= 15 is 0 Å². The zero-order valence-electron chi connectivity index (χ0n) is 11.4. The Morgan fingerprint density at radius 3 is 3.10 bits per heavy atom. The number of hydrogen-bond donors (Lipinski definition) is 3. The minimum absolute atomic E-state index is 0.155. The number of thiazole rings is 1. The van der Waals surface area contributed by atoms with Crippen LogP contribution in [0.5, 0.6) is 0 Å². The molecular weight excluding hydrogens is 272 g/mol. The van der Waals surface area contributed by atoms with E-state index in [4.69, 9.17) is 5.73 Å². The Morgan fingerprint density at radius 2 is 2.35 bits per heavy atom. The van der Waals surface area contributed by atoms with Crippen molar-refractivity contribution in [2.24, 2.45) is 5.73 Å². The predicted octanol–water partition coefficient (Wildman–Crippen LogP) is 0.710. The van der Waals surface area contributed by atoms with Crippen LogP contribution in [-0.4, -0.2) is 46.0 Å². The average molecular weight is 292 g/mol. The maximum atomic E-state index is 5.69. The third-order valence-corrected chi connectivity index (χ3v) is 4.51. The maximum absolute atomic E-state index is 5.69. The van der Waals surface area contributed by atoms with Crippen molar-refractivity contribution in [1.82, 2.24) is 25.2 Å². The van der Waals surface area contributed by atoms with E-state index in [0.29, 0.717) is 6.54 Å². The van der Waals surface area contributed by atoms with Gasteiger partial charge in [0.25, 0.3) is 0 Å². The average Bonchev–Trinajstić information content (AvgIpc) is 3.08. The van der Waals surface area contributed by atoms with E-state index < -0.39 is 0 Å². The molecular formula is C13H20N6S. The van der Waals surface area contributed by atoms with Gasteiger partial charge in [-0.15, -0.1) is 11.3 Å². The van der Waals surface area contributed by atoms with Gasteiger partial charge in [0, 0.05) is 37.8 Å². The zero-order chi connectivity index (χ0) is 13.8. The van der Waals surface area contributed by atoms with Crippen LogP contribution < -0.4 is 11.1 Å². The molecule has 1 aliphatic heterocycles. The normalized spacial score (nSPS) is 18.9. The summed E-state index contributed by atoms with van der Waals surface area (Å²) in [5.74, 6) is 0. The van der Waals surface area contributed by atoms with E-state index in [9.17, 15) is 0 Å². The van der Waals surface area contributed by atoms with Crippen LogP contribution in [0, 0.1) is 0 Å². The van der Waals surface area contributed by atoms with Crippen molar-refractivity contribution < 1.29 is 0 Å². The second-order valence-corrected chi connectivity index (χ2v) is 5.82. The van der Waals surface area contributed by atoms with Crippen molar-refractivity contribution in [3.8, 4) is 0 Å². The molecule has 2 aromatic heterocycles. The fourth-order valence-electron chi connectivity index (χ4n) is 2.57. The number of rotatable bonds is 4. The van der Waals surface area contributed by atoms with Gasteiger partial charge in [0.05, 0.1) is 17.7 Å². The largest absolute Gasteiger partial charge is 0.347 e. The summed E-state index contributed by atoms with van der Waals surface area (Å²) in [6.45, 7) is 4.67. The summed E-state index contributed by atoms with van der Waals surface area (Å²) >= 11 is 1.68.